The van der Waals surface area contributed by atoms with Gasteiger partial charge in [0.2, 0.25) is 0 Å². The smallest absolute Gasteiger partial charge is 0.183 e. The maximum Gasteiger partial charge on any atom is 0.183 e. The molecule has 0 aromatic rings. The standard InChI is InChI=1S/C8H16N2O3/c11-8-7(9-1-4-13-8)10-2-5-12-6-3-10/h7-9,11H,1-6H2. The second-order valence-electron chi connectivity index (χ2n) is 3.31. The molecule has 0 bridgehead atoms. The molecule has 2 fully saturated rings. The van der Waals surface area contributed by atoms with E-state index < -0.39 is 6.29 Å². The van der Waals surface area contributed by atoms with E-state index in [2.05, 4.69) is 10.2 Å². The molecule has 0 aromatic heterocycles. The Morgan fingerprint density at radius 2 is 2.00 bits per heavy atom. The molecule has 2 aliphatic heterocycles. The lowest BCUT2D eigenvalue weighted by Crippen LogP contribution is -2.60. The highest BCUT2D eigenvalue weighted by molar-refractivity contribution is 4.76. The second kappa shape index (κ2) is 4.34. The summed E-state index contributed by atoms with van der Waals surface area (Å²) in [5.41, 5.74) is 0. The molecule has 2 saturated heterocycles. The van der Waals surface area contributed by atoms with Gasteiger partial charge in [0.1, 0.15) is 6.17 Å². The van der Waals surface area contributed by atoms with Crippen LogP contribution in [0.3, 0.4) is 0 Å². The van der Waals surface area contributed by atoms with E-state index in [1.54, 1.807) is 0 Å². The predicted molar refractivity (Wildman–Crippen MR) is 46.1 cm³/mol. The number of hydrogen-bond acceptors (Lipinski definition) is 5. The van der Waals surface area contributed by atoms with Crippen molar-refractivity contribution in [3.05, 3.63) is 0 Å². The van der Waals surface area contributed by atoms with Crippen LogP contribution in [0.5, 0.6) is 0 Å². The molecular weight excluding hydrogens is 172 g/mol. The molecule has 0 radical (unpaired) electrons. The van der Waals surface area contributed by atoms with E-state index in [4.69, 9.17) is 9.47 Å². The minimum Gasteiger partial charge on any atom is -0.379 e. The molecule has 2 heterocycles. The number of aliphatic hydroxyl groups excluding tert-OH is 1. The Bertz CT molecular complexity index is 161. The van der Waals surface area contributed by atoms with Gasteiger partial charge >= 0.3 is 0 Å². The van der Waals surface area contributed by atoms with Crippen molar-refractivity contribution in [2.45, 2.75) is 12.5 Å². The van der Waals surface area contributed by atoms with Crippen molar-refractivity contribution in [1.82, 2.24) is 10.2 Å². The molecule has 5 heteroatoms. The Hall–Kier alpha value is -0.200. The van der Waals surface area contributed by atoms with Crippen molar-refractivity contribution in [2.75, 3.05) is 39.5 Å². The van der Waals surface area contributed by atoms with E-state index in [-0.39, 0.29) is 6.17 Å². The van der Waals surface area contributed by atoms with Gasteiger partial charge in [-0.15, -0.1) is 0 Å². The van der Waals surface area contributed by atoms with Gasteiger partial charge in [0.15, 0.2) is 6.29 Å². The summed E-state index contributed by atoms with van der Waals surface area (Å²) in [6.07, 6.45) is -0.760. The molecule has 5 nitrogen and oxygen atoms in total. The lowest BCUT2D eigenvalue weighted by molar-refractivity contribution is -0.181. The van der Waals surface area contributed by atoms with E-state index >= 15 is 0 Å². The monoisotopic (exact) mass is 188 g/mol. The first kappa shape index (κ1) is 9.36. The van der Waals surface area contributed by atoms with Crippen molar-refractivity contribution in [2.24, 2.45) is 0 Å². The molecule has 2 atom stereocenters. The molecule has 0 spiro atoms. The summed E-state index contributed by atoms with van der Waals surface area (Å²) in [7, 11) is 0. The number of nitrogens with zero attached hydrogens (tertiary/aromatic N) is 1. The minimum absolute atomic E-state index is 0.0577. The van der Waals surface area contributed by atoms with Gasteiger partial charge in [0.05, 0.1) is 19.8 Å². The molecule has 0 amide bonds. The Kier molecular flexibility index (Phi) is 3.13. The number of aliphatic hydroxyl groups is 1. The van der Waals surface area contributed by atoms with Gasteiger partial charge < -0.3 is 14.6 Å². The molecular formula is C8H16N2O3. The predicted octanol–water partition coefficient (Wildman–Crippen LogP) is -1.42. The lowest BCUT2D eigenvalue weighted by Gasteiger charge is -2.39. The summed E-state index contributed by atoms with van der Waals surface area (Å²) in [6.45, 7) is 4.59. The summed E-state index contributed by atoms with van der Waals surface area (Å²) >= 11 is 0. The fraction of sp³-hybridized carbons (Fsp3) is 1.00. The normalized spacial score (nSPS) is 37.6. The first-order valence-electron chi connectivity index (χ1n) is 4.73. The van der Waals surface area contributed by atoms with Crippen LogP contribution in [0.1, 0.15) is 0 Å². The number of rotatable bonds is 1. The zero-order valence-corrected chi connectivity index (χ0v) is 7.61. The molecule has 2 aliphatic rings. The summed E-state index contributed by atoms with van der Waals surface area (Å²) in [4.78, 5) is 2.16. The summed E-state index contributed by atoms with van der Waals surface area (Å²) in [6, 6.07) is 0. The first-order chi connectivity index (χ1) is 6.38. The van der Waals surface area contributed by atoms with E-state index in [1.165, 1.54) is 0 Å². The number of morpholine rings is 2. The maximum atomic E-state index is 9.55. The van der Waals surface area contributed by atoms with E-state index in [9.17, 15) is 5.11 Å². The van der Waals surface area contributed by atoms with Crippen molar-refractivity contribution in [3.8, 4) is 0 Å². The molecule has 0 aromatic carbocycles. The Balaban J connectivity index is 1.88. The molecule has 2 rings (SSSR count). The van der Waals surface area contributed by atoms with Crippen molar-refractivity contribution in [3.63, 3.8) is 0 Å². The minimum atomic E-state index is -0.702. The molecule has 13 heavy (non-hydrogen) atoms. The Labute approximate surface area is 77.6 Å². The molecule has 2 unspecified atom stereocenters. The van der Waals surface area contributed by atoms with Crippen LogP contribution < -0.4 is 5.32 Å². The topological polar surface area (TPSA) is 54.0 Å². The quantitative estimate of drug-likeness (QED) is 0.529. The van der Waals surface area contributed by atoms with Crippen molar-refractivity contribution >= 4 is 0 Å². The van der Waals surface area contributed by atoms with Crippen LogP contribution in [-0.4, -0.2) is 61.9 Å². The van der Waals surface area contributed by atoms with Gasteiger partial charge in [-0.05, 0) is 0 Å². The number of nitrogens with one attached hydrogen (secondary N) is 1. The Morgan fingerprint density at radius 3 is 2.69 bits per heavy atom. The van der Waals surface area contributed by atoms with E-state index in [1.807, 2.05) is 0 Å². The van der Waals surface area contributed by atoms with Gasteiger partial charge in [-0.1, -0.05) is 0 Å². The van der Waals surface area contributed by atoms with Crippen LogP contribution in [-0.2, 0) is 9.47 Å². The fourth-order valence-electron chi connectivity index (χ4n) is 1.74. The van der Waals surface area contributed by atoms with Gasteiger partial charge in [0.25, 0.3) is 0 Å². The average molecular weight is 188 g/mol. The zero-order valence-electron chi connectivity index (χ0n) is 7.61. The average Bonchev–Trinajstić information content (AvgIpc) is 2.20. The zero-order chi connectivity index (χ0) is 9.10. The SMILES string of the molecule is OC1OCCNC1N1CCOCC1. The van der Waals surface area contributed by atoms with Gasteiger partial charge in [0, 0.05) is 19.6 Å². The van der Waals surface area contributed by atoms with Crippen LogP contribution in [0.15, 0.2) is 0 Å². The van der Waals surface area contributed by atoms with Crippen molar-refractivity contribution < 1.29 is 14.6 Å². The van der Waals surface area contributed by atoms with Crippen LogP contribution in [0.4, 0.5) is 0 Å². The van der Waals surface area contributed by atoms with Gasteiger partial charge in [-0.3, -0.25) is 10.2 Å². The summed E-state index contributed by atoms with van der Waals surface area (Å²) in [5, 5.41) is 12.8. The van der Waals surface area contributed by atoms with Gasteiger partial charge in [-0.2, -0.15) is 0 Å². The Morgan fingerprint density at radius 1 is 1.23 bits per heavy atom. The van der Waals surface area contributed by atoms with Crippen LogP contribution in [0.25, 0.3) is 0 Å². The van der Waals surface area contributed by atoms with Crippen molar-refractivity contribution in [1.29, 1.82) is 0 Å². The molecule has 0 aliphatic carbocycles. The lowest BCUT2D eigenvalue weighted by atomic mass is 10.3. The maximum absolute atomic E-state index is 9.55. The molecule has 0 saturated carbocycles. The number of ether oxygens (including phenoxy) is 2. The van der Waals surface area contributed by atoms with Gasteiger partial charge in [-0.25, -0.2) is 0 Å². The highest BCUT2D eigenvalue weighted by atomic mass is 16.6. The largest absolute Gasteiger partial charge is 0.379 e. The third-order valence-corrected chi connectivity index (χ3v) is 2.45. The highest BCUT2D eigenvalue weighted by Gasteiger charge is 2.29. The summed E-state index contributed by atoms with van der Waals surface area (Å²) in [5.74, 6) is 0. The second-order valence-corrected chi connectivity index (χ2v) is 3.31. The number of hydrogen-bond donors (Lipinski definition) is 2. The molecule has 76 valence electrons. The van der Waals surface area contributed by atoms with Crippen LogP contribution in [0.2, 0.25) is 0 Å². The highest BCUT2D eigenvalue weighted by Crippen LogP contribution is 2.09. The van der Waals surface area contributed by atoms with Crippen LogP contribution in [0, 0.1) is 0 Å². The summed E-state index contributed by atoms with van der Waals surface area (Å²) < 4.78 is 10.4. The first-order valence-corrected chi connectivity index (χ1v) is 4.73. The molecule has 2 N–H and O–H groups in total. The van der Waals surface area contributed by atoms with E-state index in [0.29, 0.717) is 6.61 Å². The van der Waals surface area contributed by atoms with Crippen LogP contribution >= 0.6 is 0 Å². The third-order valence-electron chi connectivity index (χ3n) is 2.45. The van der Waals surface area contributed by atoms with E-state index in [0.717, 1.165) is 32.8 Å². The third kappa shape index (κ3) is 2.18. The fourth-order valence-corrected chi connectivity index (χ4v) is 1.74.